The minimum absolute atomic E-state index is 0.144. The zero-order chi connectivity index (χ0) is 17.8. The zero-order valence-corrected chi connectivity index (χ0v) is 15.4. The van der Waals surface area contributed by atoms with Gasteiger partial charge in [-0.1, -0.05) is 41.5 Å². The predicted octanol–water partition coefficient (Wildman–Crippen LogP) is 2.17. The van der Waals surface area contributed by atoms with Gasteiger partial charge in [-0.3, -0.25) is 4.68 Å². The van der Waals surface area contributed by atoms with Gasteiger partial charge in [0, 0.05) is 26.2 Å². The number of nitrogen functional groups attached to an aromatic ring is 1. The maximum Gasteiger partial charge on any atom is 0.319 e. The molecule has 0 saturated heterocycles. The summed E-state index contributed by atoms with van der Waals surface area (Å²) in [5.74, 6) is 0.429. The first-order valence-corrected chi connectivity index (χ1v) is 7.98. The molecule has 2 amide bonds. The average Bonchev–Trinajstić information content (AvgIpc) is 2.67. The van der Waals surface area contributed by atoms with Crippen molar-refractivity contribution in [2.45, 2.75) is 47.6 Å². The molecule has 0 bridgehead atoms. The molecule has 0 unspecified atom stereocenters. The summed E-state index contributed by atoms with van der Waals surface area (Å²) in [7, 11) is 1.72. The van der Waals surface area contributed by atoms with E-state index in [-0.39, 0.29) is 16.9 Å². The van der Waals surface area contributed by atoms with E-state index in [4.69, 9.17) is 5.73 Å². The van der Waals surface area contributed by atoms with E-state index in [0.717, 1.165) is 0 Å². The zero-order valence-electron chi connectivity index (χ0n) is 15.4. The lowest BCUT2D eigenvalue weighted by Crippen LogP contribution is -2.51. The van der Waals surface area contributed by atoms with Crippen LogP contribution in [-0.2, 0) is 7.05 Å². The van der Waals surface area contributed by atoms with Gasteiger partial charge in [0.25, 0.3) is 0 Å². The summed E-state index contributed by atoms with van der Waals surface area (Å²) in [5, 5.41) is 13.0. The van der Waals surface area contributed by atoms with E-state index in [1.54, 1.807) is 7.05 Å². The molecule has 1 aromatic rings. The van der Waals surface area contributed by atoms with Gasteiger partial charge >= 0.3 is 6.03 Å². The Morgan fingerprint density at radius 1 is 1.22 bits per heavy atom. The van der Waals surface area contributed by atoms with Gasteiger partial charge in [-0.05, 0) is 10.8 Å². The van der Waals surface area contributed by atoms with Gasteiger partial charge in [0.05, 0.1) is 6.20 Å². The molecule has 0 radical (unpaired) electrons. The van der Waals surface area contributed by atoms with Gasteiger partial charge in [-0.15, -0.1) is 0 Å². The number of aromatic nitrogens is 2. The number of nitrogens with two attached hydrogens (primary N) is 1. The molecule has 132 valence electrons. The topological polar surface area (TPSA) is 97.0 Å². The molecule has 0 atom stereocenters. The van der Waals surface area contributed by atoms with Crippen LogP contribution in [0, 0.1) is 10.8 Å². The molecule has 1 rings (SSSR count). The Kier molecular flexibility index (Phi) is 6.04. The van der Waals surface area contributed by atoms with Gasteiger partial charge in [-0.2, -0.15) is 5.10 Å². The Bertz CT molecular complexity index is 510. The summed E-state index contributed by atoms with van der Waals surface area (Å²) < 4.78 is 1.51. The van der Waals surface area contributed by atoms with Gasteiger partial charge in [-0.25, -0.2) is 4.79 Å². The number of hydrogen-bond donors (Lipinski definition) is 4. The molecule has 0 aromatic carbocycles. The lowest BCUT2D eigenvalue weighted by atomic mass is 9.72. The number of carbonyl (C=O) groups excluding carboxylic acids is 1. The first-order valence-electron chi connectivity index (χ1n) is 7.98. The fraction of sp³-hybridized carbons (Fsp3) is 0.750. The third-order valence-corrected chi connectivity index (χ3v) is 3.72. The largest absolute Gasteiger partial charge is 0.382 e. The molecule has 1 aromatic heterocycles. The van der Waals surface area contributed by atoms with E-state index in [2.05, 4.69) is 62.6 Å². The van der Waals surface area contributed by atoms with Crippen LogP contribution in [-0.4, -0.2) is 34.9 Å². The quantitative estimate of drug-likeness (QED) is 0.624. The molecule has 0 spiro atoms. The van der Waals surface area contributed by atoms with Crippen LogP contribution in [0.15, 0.2) is 6.20 Å². The van der Waals surface area contributed by atoms with Crippen molar-refractivity contribution in [3.63, 3.8) is 0 Å². The minimum Gasteiger partial charge on any atom is -0.382 e. The first-order chi connectivity index (χ1) is 10.4. The number of carbonyl (C=O) groups is 1. The monoisotopic (exact) mass is 324 g/mol. The first kappa shape index (κ1) is 19.3. The second-order valence-corrected chi connectivity index (χ2v) is 8.07. The third kappa shape index (κ3) is 5.74. The van der Waals surface area contributed by atoms with Crippen LogP contribution in [0.25, 0.3) is 0 Å². The Morgan fingerprint density at radius 3 is 2.22 bits per heavy atom. The van der Waals surface area contributed by atoms with E-state index in [1.807, 2.05) is 0 Å². The van der Waals surface area contributed by atoms with Crippen molar-refractivity contribution in [1.29, 1.82) is 0 Å². The van der Waals surface area contributed by atoms with Crippen LogP contribution in [0.3, 0.4) is 0 Å². The molecule has 23 heavy (non-hydrogen) atoms. The van der Waals surface area contributed by atoms with Crippen molar-refractivity contribution in [1.82, 2.24) is 20.4 Å². The lowest BCUT2D eigenvalue weighted by molar-refractivity contribution is 0.141. The van der Waals surface area contributed by atoms with E-state index in [1.165, 1.54) is 10.9 Å². The highest BCUT2D eigenvalue weighted by molar-refractivity contribution is 5.91. The molecule has 7 heteroatoms. The fourth-order valence-corrected chi connectivity index (χ4v) is 3.01. The number of nitrogens with zero attached hydrogens (tertiary/aromatic N) is 2. The van der Waals surface area contributed by atoms with Crippen molar-refractivity contribution in [3.8, 4) is 0 Å². The lowest BCUT2D eigenvalue weighted by Gasteiger charge is -2.41. The standard InChI is InChI=1S/C16H32N6O/c1-15(2,3)13(16(4,5)6)18-8-9-19-14(23)21-11-10-20-22(7)12(11)17/h10,13,18H,8-9,17H2,1-7H3,(H2,19,21,23). The summed E-state index contributed by atoms with van der Waals surface area (Å²) in [4.78, 5) is 11.9. The van der Waals surface area contributed by atoms with Gasteiger partial charge < -0.3 is 21.7 Å². The summed E-state index contributed by atoms with van der Waals surface area (Å²) in [6.07, 6.45) is 1.53. The Hall–Kier alpha value is -1.76. The smallest absolute Gasteiger partial charge is 0.319 e. The number of aryl methyl sites for hydroxylation is 1. The molecule has 0 saturated carbocycles. The SMILES string of the molecule is Cn1ncc(NC(=O)NCCNC(C(C)(C)C)C(C)(C)C)c1N. The van der Waals surface area contributed by atoms with Gasteiger partial charge in [0.1, 0.15) is 11.5 Å². The van der Waals surface area contributed by atoms with Crippen LogP contribution in [0.1, 0.15) is 41.5 Å². The van der Waals surface area contributed by atoms with Crippen LogP contribution < -0.4 is 21.7 Å². The van der Waals surface area contributed by atoms with Crippen LogP contribution in [0.2, 0.25) is 0 Å². The van der Waals surface area contributed by atoms with Crippen LogP contribution >= 0.6 is 0 Å². The summed E-state index contributed by atoms with van der Waals surface area (Å²) in [6.45, 7) is 14.6. The van der Waals surface area contributed by atoms with Crippen LogP contribution in [0.4, 0.5) is 16.3 Å². The molecular formula is C16H32N6O. The highest BCUT2D eigenvalue weighted by Crippen LogP contribution is 2.33. The average molecular weight is 324 g/mol. The molecule has 7 nitrogen and oxygen atoms in total. The molecule has 0 aliphatic carbocycles. The normalized spacial score (nSPS) is 12.5. The Morgan fingerprint density at radius 2 is 1.78 bits per heavy atom. The number of nitrogens with one attached hydrogen (secondary N) is 3. The van der Waals surface area contributed by atoms with Gasteiger partial charge in [0.15, 0.2) is 0 Å². The number of urea groups is 1. The number of amides is 2. The van der Waals surface area contributed by atoms with Crippen molar-refractivity contribution in [2.24, 2.45) is 17.9 Å². The van der Waals surface area contributed by atoms with Gasteiger partial charge in [0.2, 0.25) is 0 Å². The number of anilines is 2. The molecular weight excluding hydrogens is 292 g/mol. The molecule has 5 N–H and O–H groups in total. The number of hydrogen-bond acceptors (Lipinski definition) is 4. The maximum absolute atomic E-state index is 11.9. The predicted molar refractivity (Wildman–Crippen MR) is 95.3 cm³/mol. The fourth-order valence-electron chi connectivity index (χ4n) is 3.01. The van der Waals surface area contributed by atoms with Crippen molar-refractivity contribution < 1.29 is 4.79 Å². The minimum atomic E-state index is -0.283. The highest BCUT2D eigenvalue weighted by atomic mass is 16.2. The Balaban J connectivity index is 2.41. The molecule has 0 aliphatic rings. The third-order valence-electron chi connectivity index (χ3n) is 3.72. The molecule has 0 fully saturated rings. The maximum atomic E-state index is 11.9. The van der Waals surface area contributed by atoms with Crippen molar-refractivity contribution in [3.05, 3.63) is 6.20 Å². The van der Waals surface area contributed by atoms with E-state index >= 15 is 0 Å². The highest BCUT2D eigenvalue weighted by Gasteiger charge is 2.34. The molecule has 0 aliphatic heterocycles. The summed E-state index contributed by atoms with van der Waals surface area (Å²) in [6, 6.07) is 0.0587. The van der Waals surface area contributed by atoms with Crippen LogP contribution in [0.5, 0.6) is 0 Å². The molecule has 1 heterocycles. The van der Waals surface area contributed by atoms with E-state index < -0.39 is 0 Å². The van der Waals surface area contributed by atoms with Crippen molar-refractivity contribution >= 4 is 17.5 Å². The summed E-state index contributed by atoms with van der Waals surface area (Å²) in [5.41, 5.74) is 6.59. The number of rotatable bonds is 5. The van der Waals surface area contributed by atoms with E-state index in [0.29, 0.717) is 30.6 Å². The second kappa shape index (κ2) is 7.21. The second-order valence-electron chi connectivity index (χ2n) is 8.07. The van der Waals surface area contributed by atoms with E-state index in [9.17, 15) is 4.79 Å². The Labute approximate surface area is 139 Å². The summed E-state index contributed by atoms with van der Waals surface area (Å²) >= 11 is 0. The van der Waals surface area contributed by atoms with Crippen molar-refractivity contribution in [2.75, 3.05) is 24.1 Å².